The fourth-order valence-electron chi connectivity index (χ4n) is 5.12. The molecule has 0 aromatic heterocycles. The zero-order valence-corrected chi connectivity index (χ0v) is 15.1. The summed E-state index contributed by atoms with van der Waals surface area (Å²) in [7, 11) is 0. The SMILES string of the molecule is C=CCC1CC(C(C)(C)C2CCC(O)C(CC=C)C2)CCC1O. The van der Waals surface area contributed by atoms with Crippen LogP contribution >= 0.6 is 0 Å². The molecule has 2 saturated carbocycles. The summed E-state index contributed by atoms with van der Waals surface area (Å²) in [5.74, 6) is 2.09. The van der Waals surface area contributed by atoms with E-state index in [0.29, 0.717) is 23.7 Å². The van der Waals surface area contributed by atoms with Crippen molar-refractivity contribution in [1.82, 2.24) is 0 Å². The Bertz CT molecular complexity index is 365. The molecule has 0 aromatic carbocycles. The highest BCUT2D eigenvalue weighted by molar-refractivity contribution is 4.96. The van der Waals surface area contributed by atoms with Gasteiger partial charge in [0.25, 0.3) is 0 Å². The van der Waals surface area contributed by atoms with Crippen LogP contribution in [-0.2, 0) is 0 Å². The minimum absolute atomic E-state index is 0.151. The van der Waals surface area contributed by atoms with E-state index in [1.807, 2.05) is 12.2 Å². The van der Waals surface area contributed by atoms with Crippen molar-refractivity contribution in [3.05, 3.63) is 25.3 Å². The predicted molar refractivity (Wildman–Crippen MR) is 97.1 cm³/mol. The topological polar surface area (TPSA) is 40.5 Å². The van der Waals surface area contributed by atoms with Crippen molar-refractivity contribution >= 4 is 0 Å². The highest BCUT2D eigenvalue weighted by Crippen LogP contribution is 2.51. The third-order valence-corrected chi connectivity index (χ3v) is 6.93. The Labute approximate surface area is 142 Å². The van der Waals surface area contributed by atoms with Crippen LogP contribution in [0.1, 0.15) is 65.2 Å². The van der Waals surface area contributed by atoms with Crippen LogP contribution in [0.25, 0.3) is 0 Å². The molecule has 2 aliphatic rings. The first-order chi connectivity index (χ1) is 10.9. The Morgan fingerprint density at radius 2 is 1.22 bits per heavy atom. The van der Waals surface area contributed by atoms with E-state index >= 15 is 0 Å². The summed E-state index contributed by atoms with van der Waals surface area (Å²) in [6.07, 6.45) is 11.8. The number of hydrogen-bond acceptors (Lipinski definition) is 2. The summed E-state index contributed by atoms with van der Waals surface area (Å²) in [4.78, 5) is 0. The molecule has 2 rings (SSSR count). The van der Waals surface area contributed by atoms with E-state index in [-0.39, 0.29) is 17.6 Å². The molecule has 2 fully saturated rings. The highest BCUT2D eigenvalue weighted by atomic mass is 16.3. The minimum Gasteiger partial charge on any atom is -0.393 e. The van der Waals surface area contributed by atoms with E-state index < -0.39 is 0 Å². The molecule has 0 bridgehead atoms. The lowest BCUT2D eigenvalue weighted by Crippen LogP contribution is -2.43. The van der Waals surface area contributed by atoms with Gasteiger partial charge in [-0.25, -0.2) is 0 Å². The van der Waals surface area contributed by atoms with Crippen LogP contribution in [0.15, 0.2) is 25.3 Å². The number of allylic oxidation sites excluding steroid dienone is 2. The molecule has 2 heteroatoms. The smallest absolute Gasteiger partial charge is 0.0571 e. The van der Waals surface area contributed by atoms with Crippen LogP contribution in [0.5, 0.6) is 0 Å². The molecule has 0 spiro atoms. The lowest BCUT2D eigenvalue weighted by atomic mass is 9.57. The molecule has 6 unspecified atom stereocenters. The van der Waals surface area contributed by atoms with Gasteiger partial charge in [-0.3, -0.25) is 0 Å². The van der Waals surface area contributed by atoms with Gasteiger partial charge in [-0.15, -0.1) is 13.2 Å². The van der Waals surface area contributed by atoms with Crippen LogP contribution in [0.3, 0.4) is 0 Å². The Hall–Kier alpha value is -0.600. The molecule has 0 heterocycles. The molecule has 0 radical (unpaired) electrons. The second-order valence-electron chi connectivity index (χ2n) is 8.54. The van der Waals surface area contributed by atoms with Crippen molar-refractivity contribution in [3.63, 3.8) is 0 Å². The number of hydrogen-bond donors (Lipinski definition) is 2. The maximum atomic E-state index is 10.2. The van der Waals surface area contributed by atoms with Crippen molar-refractivity contribution in [2.45, 2.75) is 77.4 Å². The van der Waals surface area contributed by atoms with Gasteiger partial charge in [-0.1, -0.05) is 26.0 Å². The lowest BCUT2D eigenvalue weighted by molar-refractivity contribution is -0.0385. The number of aliphatic hydroxyl groups excluding tert-OH is 2. The Morgan fingerprint density at radius 3 is 1.57 bits per heavy atom. The maximum absolute atomic E-state index is 10.2. The van der Waals surface area contributed by atoms with Crippen LogP contribution in [0.4, 0.5) is 0 Å². The molecule has 0 aromatic rings. The largest absolute Gasteiger partial charge is 0.393 e. The Balaban J connectivity index is 2.04. The van der Waals surface area contributed by atoms with Gasteiger partial charge in [-0.05, 0) is 80.5 Å². The summed E-state index contributed by atoms with van der Waals surface area (Å²) in [6, 6.07) is 0. The zero-order valence-electron chi connectivity index (χ0n) is 15.1. The molecule has 2 nitrogen and oxygen atoms in total. The van der Waals surface area contributed by atoms with E-state index in [0.717, 1.165) is 51.4 Å². The molecule has 0 aliphatic heterocycles. The first-order valence-corrected chi connectivity index (χ1v) is 9.48. The van der Waals surface area contributed by atoms with Gasteiger partial charge in [0.15, 0.2) is 0 Å². The van der Waals surface area contributed by atoms with Gasteiger partial charge in [0, 0.05) is 0 Å². The molecule has 0 saturated heterocycles. The van der Waals surface area contributed by atoms with E-state index in [4.69, 9.17) is 0 Å². The average Bonchev–Trinajstić information content (AvgIpc) is 2.51. The van der Waals surface area contributed by atoms with Crippen molar-refractivity contribution in [3.8, 4) is 0 Å². The molecule has 132 valence electrons. The molecular formula is C21H36O2. The van der Waals surface area contributed by atoms with Crippen molar-refractivity contribution in [1.29, 1.82) is 0 Å². The molecule has 2 aliphatic carbocycles. The number of rotatable bonds is 6. The van der Waals surface area contributed by atoms with Gasteiger partial charge in [0.05, 0.1) is 12.2 Å². The Morgan fingerprint density at radius 1 is 0.826 bits per heavy atom. The van der Waals surface area contributed by atoms with Gasteiger partial charge in [0.1, 0.15) is 0 Å². The first-order valence-electron chi connectivity index (χ1n) is 9.48. The fraction of sp³-hybridized carbons (Fsp3) is 0.810. The summed E-state index contributed by atoms with van der Waals surface area (Å²) < 4.78 is 0. The third-order valence-electron chi connectivity index (χ3n) is 6.93. The average molecular weight is 321 g/mol. The normalized spacial score (nSPS) is 39.0. The Kier molecular flexibility index (Phi) is 6.50. The fourth-order valence-corrected chi connectivity index (χ4v) is 5.12. The van der Waals surface area contributed by atoms with Gasteiger partial charge < -0.3 is 10.2 Å². The van der Waals surface area contributed by atoms with Crippen LogP contribution in [0.2, 0.25) is 0 Å². The number of aliphatic hydroxyl groups is 2. The first kappa shape index (κ1) is 18.7. The van der Waals surface area contributed by atoms with Crippen LogP contribution < -0.4 is 0 Å². The minimum atomic E-state index is -0.151. The van der Waals surface area contributed by atoms with E-state index in [1.54, 1.807) is 0 Å². The highest BCUT2D eigenvalue weighted by Gasteiger charge is 2.44. The van der Waals surface area contributed by atoms with Crippen molar-refractivity contribution in [2.24, 2.45) is 29.1 Å². The second kappa shape index (κ2) is 7.98. The molecular weight excluding hydrogens is 284 g/mol. The standard InChI is InChI=1S/C21H36O2/c1-5-7-15-13-17(9-11-19(15)22)21(3,4)18-10-12-20(23)16(14-18)8-6-2/h5-6,15-20,22-23H,1-2,7-14H2,3-4H3. The van der Waals surface area contributed by atoms with E-state index in [2.05, 4.69) is 27.0 Å². The van der Waals surface area contributed by atoms with E-state index in [9.17, 15) is 10.2 Å². The summed E-state index contributed by atoms with van der Waals surface area (Å²) in [5.41, 5.74) is 0.277. The van der Waals surface area contributed by atoms with Crippen LogP contribution in [0, 0.1) is 29.1 Å². The summed E-state index contributed by atoms with van der Waals surface area (Å²) >= 11 is 0. The third kappa shape index (κ3) is 4.28. The quantitative estimate of drug-likeness (QED) is 0.695. The van der Waals surface area contributed by atoms with Gasteiger partial charge in [0.2, 0.25) is 0 Å². The molecule has 23 heavy (non-hydrogen) atoms. The van der Waals surface area contributed by atoms with Gasteiger partial charge in [-0.2, -0.15) is 0 Å². The van der Waals surface area contributed by atoms with Gasteiger partial charge >= 0.3 is 0 Å². The summed E-state index contributed by atoms with van der Waals surface area (Å²) in [5, 5.41) is 20.5. The van der Waals surface area contributed by atoms with Crippen molar-refractivity contribution in [2.75, 3.05) is 0 Å². The van der Waals surface area contributed by atoms with Crippen molar-refractivity contribution < 1.29 is 10.2 Å². The molecule has 0 amide bonds. The van der Waals surface area contributed by atoms with Crippen LogP contribution in [-0.4, -0.2) is 22.4 Å². The summed E-state index contributed by atoms with van der Waals surface area (Å²) in [6.45, 7) is 12.6. The monoisotopic (exact) mass is 320 g/mol. The second-order valence-corrected chi connectivity index (χ2v) is 8.54. The predicted octanol–water partition coefficient (Wildman–Crippen LogP) is 4.72. The molecule has 6 atom stereocenters. The zero-order chi connectivity index (χ0) is 17.0. The van der Waals surface area contributed by atoms with E-state index in [1.165, 1.54) is 0 Å². The molecule has 2 N–H and O–H groups in total. The lowest BCUT2D eigenvalue weighted by Gasteiger charge is -2.49. The maximum Gasteiger partial charge on any atom is 0.0571 e.